The van der Waals surface area contributed by atoms with Gasteiger partial charge in [-0.25, -0.2) is 9.59 Å². The van der Waals surface area contributed by atoms with Crippen molar-refractivity contribution in [2.75, 3.05) is 18.2 Å². The van der Waals surface area contributed by atoms with Crippen molar-refractivity contribution in [1.82, 2.24) is 5.32 Å². The number of urea groups is 1. The highest BCUT2D eigenvalue weighted by molar-refractivity contribution is 7.98. The maximum Gasteiger partial charge on any atom is 0.339 e. The number of carbonyl (C=O) groups excluding carboxylic acids is 3. The minimum Gasteiger partial charge on any atom is -0.452 e. The fraction of sp³-hybridized carbons (Fsp3) is 0.211. The van der Waals surface area contributed by atoms with Crippen LogP contribution in [0.5, 0.6) is 0 Å². The van der Waals surface area contributed by atoms with E-state index in [0.29, 0.717) is 11.3 Å². The number of aryl methyl sites for hydroxylation is 2. The van der Waals surface area contributed by atoms with E-state index in [1.54, 1.807) is 24.3 Å². The van der Waals surface area contributed by atoms with Gasteiger partial charge in [0.25, 0.3) is 5.91 Å². The molecule has 0 aliphatic carbocycles. The Morgan fingerprint density at radius 2 is 1.81 bits per heavy atom. The first-order valence-electron chi connectivity index (χ1n) is 7.89. The molecule has 0 atom stereocenters. The van der Waals surface area contributed by atoms with Gasteiger partial charge in [-0.2, -0.15) is 0 Å². The topological polar surface area (TPSA) is 84.5 Å². The molecule has 0 saturated heterocycles. The first-order valence-corrected chi connectivity index (χ1v) is 9.11. The fourth-order valence-electron chi connectivity index (χ4n) is 2.29. The molecule has 2 aromatic rings. The van der Waals surface area contributed by atoms with Crippen LogP contribution in [0.2, 0.25) is 0 Å². The van der Waals surface area contributed by atoms with Crippen LogP contribution in [0, 0.1) is 13.8 Å². The van der Waals surface area contributed by atoms with E-state index in [1.165, 1.54) is 11.8 Å². The van der Waals surface area contributed by atoms with Crippen molar-refractivity contribution in [2.45, 2.75) is 18.7 Å². The summed E-state index contributed by atoms with van der Waals surface area (Å²) in [7, 11) is 0. The van der Waals surface area contributed by atoms with Crippen molar-refractivity contribution < 1.29 is 19.1 Å². The van der Waals surface area contributed by atoms with Crippen LogP contribution >= 0.6 is 11.8 Å². The Labute approximate surface area is 156 Å². The maximum atomic E-state index is 12.1. The van der Waals surface area contributed by atoms with Gasteiger partial charge in [-0.3, -0.25) is 10.1 Å². The third-order valence-corrected chi connectivity index (χ3v) is 4.34. The highest BCUT2D eigenvalue weighted by Gasteiger charge is 2.15. The smallest absolute Gasteiger partial charge is 0.339 e. The molecular formula is C19H20N2O4S. The van der Waals surface area contributed by atoms with E-state index in [1.807, 2.05) is 38.3 Å². The lowest BCUT2D eigenvalue weighted by Crippen LogP contribution is -2.37. The molecule has 0 aliphatic heterocycles. The van der Waals surface area contributed by atoms with E-state index in [0.717, 1.165) is 16.0 Å². The summed E-state index contributed by atoms with van der Waals surface area (Å²) < 4.78 is 4.98. The minimum atomic E-state index is -0.706. The van der Waals surface area contributed by atoms with E-state index < -0.39 is 24.5 Å². The number of nitrogens with one attached hydrogen (secondary N) is 2. The molecule has 0 aliphatic rings. The Kier molecular flexibility index (Phi) is 6.80. The number of amides is 3. The second-order valence-corrected chi connectivity index (χ2v) is 6.45. The van der Waals surface area contributed by atoms with E-state index in [9.17, 15) is 14.4 Å². The summed E-state index contributed by atoms with van der Waals surface area (Å²) >= 11 is 1.41. The molecule has 3 amide bonds. The zero-order valence-corrected chi connectivity index (χ0v) is 15.6. The molecule has 0 saturated carbocycles. The van der Waals surface area contributed by atoms with Gasteiger partial charge >= 0.3 is 12.0 Å². The van der Waals surface area contributed by atoms with Crippen LogP contribution in [0.3, 0.4) is 0 Å². The number of rotatable bonds is 5. The summed E-state index contributed by atoms with van der Waals surface area (Å²) in [6.07, 6.45) is 1.84. The van der Waals surface area contributed by atoms with Crippen molar-refractivity contribution in [3.8, 4) is 0 Å². The third kappa shape index (κ3) is 5.35. The van der Waals surface area contributed by atoms with Crippen molar-refractivity contribution in [3.63, 3.8) is 0 Å². The van der Waals surface area contributed by atoms with Crippen LogP contribution < -0.4 is 10.6 Å². The summed E-state index contributed by atoms with van der Waals surface area (Å²) in [5, 5.41) is 4.73. The molecule has 26 heavy (non-hydrogen) atoms. The van der Waals surface area contributed by atoms with Gasteiger partial charge in [-0.1, -0.05) is 29.8 Å². The second-order valence-electron chi connectivity index (χ2n) is 5.60. The fourth-order valence-corrected chi connectivity index (χ4v) is 2.88. The number of thioether (sulfide) groups is 1. The normalized spacial score (nSPS) is 10.1. The first kappa shape index (κ1) is 19.5. The summed E-state index contributed by atoms with van der Waals surface area (Å²) in [4.78, 5) is 36.5. The molecule has 0 fully saturated rings. The van der Waals surface area contributed by atoms with Gasteiger partial charge in [-0.05, 0) is 43.9 Å². The number of hydrogen-bond donors (Lipinski definition) is 2. The van der Waals surface area contributed by atoms with Gasteiger partial charge in [0, 0.05) is 10.6 Å². The number of hydrogen-bond acceptors (Lipinski definition) is 5. The number of anilines is 1. The molecule has 2 N–H and O–H groups in total. The Morgan fingerprint density at radius 1 is 1.08 bits per heavy atom. The Hall–Kier alpha value is -2.80. The highest BCUT2D eigenvalue weighted by atomic mass is 32.2. The molecule has 2 aromatic carbocycles. The average molecular weight is 372 g/mol. The second kappa shape index (κ2) is 9.05. The van der Waals surface area contributed by atoms with E-state index >= 15 is 0 Å². The zero-order valence-electron chi connectivity index (χ0n) is 14.8. The molecule has 6 nitrogen and oxygen atoms in total. The van der Waals surface area contributed by atoms with Crippen LogP contribution in [0.15, 0.2) is 47.4 Å². The molecule has 0 unspecified atom stereocenters. The molecule has 0 radical (unpaired) electrons. The number of imide groups is 1. The maximum absolute atomic E-state index is 12.1. The van der Waals surface area contributed by atoms with Crippen molar-refractivity contribution in [2.24, 2.45) is 0 Å². The number of ether oxygens (including phenoxy) is 1. The molecule has 0 bridgehead atoms. The van der Waals surface area contributed by atoms with Crippen molar-refractivity contribution >= 4 is 35.4 Å². The molecule has 2 rings (SSSR count). The SMILES string of the molecule is CSc1ccccc1C(=O)OCC(=O)NC(=O)Nc1ccc(C)cc1C. The predicted molar refractivity (Wildman–Crippen MR) is 102 cm³/mol. The zero-order chi connectivity index (χ0) is 19.1. The molecule has 136 valence electrons. The molecular weight excluding hydrogens is 352 g/mol. The van der Waals surface area contributed by atoms with Gasteiger partial charge in [0.05, 0.1) is 5.56 Å². The van der Waals surface area contributed by atoms with E-state index in [-0.39, 0.29) is 0 Å². The number of carbonyl (C=O) groups is 3. The van der Waals surface area contributed by atoms with Crippen LogP contribution in [-0.2, 0) is 9.53 Å². The quantitative estimate of drug-likeness (QED) is 0.620. The summed E-state index contributed by atoms with van der Waals surface area (Å²) in [5.74, 6) is -1.32. The number of esters is 1. The number of benzene rings is 2. The molecule has 7 heteroatoms. The average Bonchev–Trinajstić information content (AvgIpc) is 2.62. The first-order chi connectivity index (χ1) is 12.4. The highest BCUT2D eigenvalue weighted by Crippen LogP contribution is 2.20. The molecule has 0 spiro atoms. The Morgan fingerprint density at radius 3 is 2.50 bits per heavy atom. The molecule has 0 aromatic heterocycles. The molecule has 0 heterocycles. The largest absolute Gasteiger partial charge is 0.452 e. The monoisotopic (exact) mass is 372 g/mol. The van der Waals surface area contributed by atoms with Crippen LogP contribution in [0.25, 0.3) is 0 Å². The van der Waals surface area contributed by atoms with E-state index in [4.69, 9.17) is 4.74 Å². The van der Waals surface area contributed by atoms with Gasteiger partial charge in [-0.15, -0.1) is 11.8 Å². The Balaban J connectivity index is 1.86. The Bertz CT molecular complexity index is 836. The lowest BCUT2D eigenvalue weighted by Gasteiger charge is -2.10. The summed E-state index contributed by atoms with van der Waals surface area (Å²) in [6, 6.07) is 11.8. The van der Waals surface area contributed by atoms with Crippen molar-refractivity contribution in [1.29, 1.82) is 0 Å². The van der Waals surface area contributed by atoms with E-state index in [2.05, 4.69) is 10.6 Å². The van der Waals surface area contributed by atoms with Gasteiger partial charge in [0.1, 0.15) is 0 Å². The standard InChI is InChI=1S/C19H20N2O4S/c1-12-8-9-15(13(2)10-12)20-19(24)21-17(22)11-25-18(23)14-6-4-5-7-16(14)26-3/h4-10H,11H2,1-3H3,(H2,20,21,22,24). The third-order valence-electron chi connectivity index (χ3n) is 3.54. The van der Waals surface area contributed by atoms with Crippen LogP contribution in [0.4, 0.5) is 10.5 Å². The van der Waals surface area contributed by atoms with Crippen LogP contribution in [-0.4, -0.2) is 30.8 Å². The minimum absolute atomic E-state index is 0.382. The van der Waals surface area contributed by atoms with Gasteiger partial charge in [0.15, 0.2) is 6.61 Å². The lowest BCUT2D eigenvalue weighted by atomic mass is 10.1. The van der Waals surface area contributed by atoms with Crippen molar-refractivity contribution in [3.05, 3.63) is 59.2 Å². The predicted octanol–water partition coefficient (Wildman–Crippen LogP) is 3.53. The van der Waals surface area contributed by atoms with Gasteiger partial charge < -0.3 is 10.1 Å². The summed E-state index contributed by atoms with van der Waals surface area (Å²) in [6.45, 7) is 3.27. The van der Waals surface area contributed by atoms with Crippen LogP contribution in [0.1, 0.15) is 21.5 Å². The lowest BCUT2D eigenvalue weighted by molar-refractivity contribution is -0.123. The van der Waals surface area contributed by atoms with Gasteiger partial charge in [0.2, 0.25) is 0 Å². The summed E-state index contributed by atoms with van der Waals surface area (Å²) in [5.41, 5.74) is 2.94.